The van der Waals surface area contributed by atoms with Gasteiger partial charge in [0.05, 0.1) is 12.1 Å². The minimum absolute atomic E-state index is 0.0385. The SMILES string of the molecule is CC(C)c1csc(NC(=O)Cc2ccc(-n3cccc3)cc2)n1. The molecule has 1 aromatic carbocycles. The standard InChI is InChI=1S/C18H19N3OS/c1-13(2)16-12-23-18(19-16)20-17(22)11-14-5-7-15(8-6-14)21-9-3-4-10-21/h3-10,12-13H,11H2,1-2H3,(H,19,20,22). The van der Waals surface area contributed by atoms with E-state index in [-0.39, 0.29) is 5.91 Å². The predicted octanol–water partition coefficient (Wildman–Crippen LogP) is 4.24. The summed E-state index contributed by atoms with van der Waals surface area (Å²) in [6, 6.07) is 12.0. The van der Waals surface area contributed by atoms with Gasteiger partial charge in [0, 0.05) is 23.5 Å². The van der Waals surface area contributed by atoms with E-state index in [4.69, 9.17) is 0 Å². The molecular formula is C18H19N3OS. The molecule has 0 unspecified atom stereocenters. The third-order valence-electron chi connectivity index (χ3n) is 3.56. The molecule has 0 bridgehead atoms. The molecule has 0 fully saturated rings. The summed E-state index contributed by atoms with van der Waals surface area (Å²) in [5, 5.41) is 5.53. The average molecular weight is 325 g/mol. The predicted molar refractivity (Wildman–Crippen MR) is 94.3 cm³/mol. The van der Waals surface area contributed by atoms with Crippen LogP contribution in [0.15, 0.2) is 54.2 Å². The van der Waals surface area contributed by atoms with Crippen molar-refractivity contribution in [2.24, 2.45) is 0 Å². The molecule has 4 nitrogen and oxygen atoms in total. The van der Waals surface area contributed by atoms with Gasteiger partial charge in [-0.2, -0.15) is 0 Å². The van der Waals surface area contributed by atoms with E-state index in [2.05, 4.69) is 24.1 Å². The molecule has 3 rings (SSSR count). The van der Waals surface area contributed by atoms with Gasteiger partial charge in [-0.1, -0.05) is 26.0 Å². The second-order valence-electron chi connectivity index (χ2n) is 5.71. The lowest BCUT2D eigenvalue weighted by molar-refractivity contribution is -0.115. The molecular weight excluding hydrogens is 306 g/mol. The van der Waals surface area contributed by atoms with Gasteiger partial charge in [-0.3, -0.25) is 4.79 Å². The number of hydrogen-bond donors (Lipinski definition) is 1. The van der Waals surface area contributed by atoms with Gasteiger partial charge < -0.3 is 9.88 Å². The highest BCUT2D eigenvalue weighted by Gasteiger charge is 2.09. The maximum absolute atomic E-state index is 12.1. The van der Waals surface area contributed by atoms with E-state index in [1.54, 1.807) is 0 Å². The van der Waals surface area contributed by atoms with Gasteiger partial charge in [0.15, 0.2) is 5.13 Å². The van der Waals surface area contributed by atoms with Crippen molar-refractivity contribution >= 4 is 22.4 Å². The van der Waals surface area contributed by atoms with E-state index in [1.165, 1.54) is 11.3 Å². The molecule has 0 atom stereocenters. The van der Waals surface area contributed by atoms with Crippen LogP contribution in [-0.4, -0.2) is 15.5 Å². The summed E-state index contributed by atoms with van der Waals surface area (Å²) in [5.74, 6) is 0.335. The maximum atomic E-state index is 12.1. The average Bonchev–Trinajstić information content (AvgIpc) is 3.19. The quantitative estimate of drug-likeness (QED) is 0.763. The first-order valence-electron chi connectivity index (χ1n) is 7.59. The molecule has 0 aliphatic carbocycles. The van der Waals surface area contributed by atoms with Crippen molar-refractivity contribution in [2.75, 3.05) is 5.32 Å². The Morgan fingerprint density at radius 3 is 2.52 bits per heavy atom. The molecule has 1 N–H and O–H groups in total. The lowest BCUT2D eigenvalue weighted by Gasteiger charge is -2.05. The molecule has 0 aliphatic heterocycles. The highest BCUT2D eigenvalue weighted by molar-refractivity contribution is 7.13. The summed E-state index contributed by atoms with van der Waals surface area (Å²) >= 11 is 1.47. The number of rotatable bonds is 5. The van der Waals surface area contributed by atoms with Crippen LogP contribution in [-0.2, 0) is 11.2 Å². The number of amides is 1. The molecule has 0 aliphatic rings. The van der Waals surface area contributed by atoms with E-state index < -0.39 is 0 Å². The van der Waals surface area contributed by atoms with Crippen molar-refractivity contribution in [3.05, 3.63) is 65.4 Å². The van der Waals surface area contributed by atoms with E-state index in [1.807, 2.05) is 58.7 Å². The molecule has 5 heteroatoms. The minimum atomic E-state index is -0.0385. The highest BCUT2D eigenvalue weighted by Crippen LogP contribution is 2.21. The van der Waals surface area contributed by atoms with Gasteiger partial charge in [0.2, 0.25) is 5.91 Å². The molecule has 2 aromatic heterocycles. The Labute approximate surface area is 139 Å². The van der Waals surface area contributed by atoms with Crippen LogP contribution in [0.25, 0.3) is 5.69 Å². The smallest absolute Gasteiger partial charge is 0.230 e. The molecule has 0 radical (unpaired) electrons. The number of carbonyl (C=O) groups excluding carboxylic acids is 1. The Bertz CT molecular complexity index is 773. The number of carbonyl (C=O) groups is 1. The van der Waals surface area contributed by atoms with E-state index in [0.717, 1.165) is 16.9 Å². The Morgan fingerprint density at radius 1 is 1.22 bits per heavy atom. The van der Waals surface area contributed by atoms with Crippen LogP contribution in [0.4, 0.5) is 5.13 Å². The van der Waals surface area contributed by atoms with Crippen LogP contribution >= 0.6 is 11.3 Å². The third kappa shape index (κ3) is 3.87. The number of thiazole rings is 1. The summed E-state index contributed by atoms with van der Waals surface area (Å²) in [6.07, 6.45) is 4.34. The van der Waals surface area contributed by atoms with Crippen LogP contribution in [0.1, 0.15) is 31.0 Å². The fourth-order valence-electron chi connectivity index (χ4n) is 2.25. The molecule has 2 heterocycles. The first-order valence-corrected chi connectivity index (χ1v) is 8.47. The molecule has 1 amide bonds. The van der Waals surface area contributed by atoms with E-state index in [9.17, 15) is 4.79 Å². The number of hydrogen-bond acceptors (Lipinski definition) is 3. The summed E-state index contributed by atoms with van der Waals surface area (Å²) in [5.41, 5.74) is 3.08. The Kier molecular flexibility index (Phi) is 4.57. The molecule has 0 spiro atoms. The van der Waals surface area contributed by atoms with Crippen LogP contribution in [0, 0.1) is 0 Å². The third-order valence-corrected chi connectivity index (χ3v) is 4.34. The van der Waals surface area contributed by atoms with Crippen LogP contribution < -0.4 is 5.32 Å². The number of nitrogens with zero attached hydrogens (tertiary/aromatic N) is 2. The summed E-state index contributed by atoms with van der Waals surface area (Å²) < 4.78 is 2.03. The zero-order chi connectivity index (χ0) is 16.2. The normalized spacial score (nSPS) is 10.9. The fraction of sp³-hybridized carbons (Fsp3) is 0.222. The second kappa shape index (κ2) is 6.79. The molecule has 0 saturated heterocycles. The van der Waals surface area contributed by atoms with E-state index >= 15 is 0 Å². The number of anilines is 1. The van der Waals surface area contributed by atoms with Crippen molar-refractivity contribution in [3.8, 4) is 5.69 Å². The first-order chi connectivity index (χ1) is 11.1. The van der Waals surface area contributed by atoms with E-state index in [0.29, 0.717) is 17.5 Å². The van der Waals surface area contributed by atoms with Crippen molar-refractivity contribution in [2.45, 2.75) is 26.2 Å². The summed E-state index contributed by atoms with van der Waals surface area (Å²) in [6.45, 7) is 4.18. The lowest BCUT2D eigenvalue weighted by atomic mass is 10.1. The molecule has 3 aromatic rings. The summed E-state index contributed by atoms with van der Waals surface area (Å²) in [7, 11) is 0. The second-order valence-corrected chi connectivity index (χ2v) is 6.57. The Balaban J connectivity index is 1.61. The Morgan fingerprint density at radius 2 is 1.91 bits per heavy atom. The van der Waals surface area contributed by atoms with Gasteiger partial charge >= 0.3 is 0 Å². The molecule has 23 heavy (non-hydrogen) atoms. The van der Waals surface area contributed by atoms with Crippen molar-refractivity contribution < 1.29 is 4.79 Å². The van der Waals surface area contributed by atoms with Crippen LogP contribution in [0.2, 0.25) is 0 Å². The Hall–Kier alpha value is -2.40. The van der Waals surface area contributed by atoms with Gasteiger partial charge in [-0.05, 0) is 35.7 Å². The summed E-state index contributed by atoms with van der Waals surface area (Å²) in [4.78, 5) is 16.5. The minimum Gasteiger partial charge on any atom is -0.324 e. The lowest BCUT2D eigenvalue weighted by Crippen LogP contribution is -2.14. The zero-order valence-electron chi connectivity index (χ0n) is 13.2. The number of benzene rings is 1. The van der Waals surface area contributed by atoms with Gasteiger partial charge in [-0.25, -0.2) is 4.98 Å². The van der Waals surface area contributed by atoms with Gasteiger partial charge in [0.1, 0.15) is 0 Å². The number of aromatic nitrogens is 2. The number of nitrogens with one attached hydrogen (secondary N) is 1. The van der Waals surface area contributed by atoms with Crippen LogP contribution in [0.3, 0.4) is 0 Å². The molecule has 0 saturated carbocycles. The van der Waals surface area contributed by atoms with Crippen LogP contribution in [0.5, 0.6) is 0 Å². The maximum Gasteiger partial charge on any atom is 0.230 e. The molecule has 118 valence electrons. The monoisotopic (exact) mass is 325 g/mol. The highest BCUT2D eigenvalue weighted by atomic mass is 32.1. The first kappa shape index (κ1) is 15.5. The topological polar surface area (TPSA) is 46.9 Å². The van der Waals surface area contributed by atoms with Gasteiger partial charge in [0.25, 0.3) is 0 Å². The fourth-order valence-corrected chi connectivity index (χ4v) is 3.14. The zero-order valence-corrected chi connectivity index (χ0v) is 14.0. The van der Waals surface area contributed by atoms with Gasteiger partial charge in [-0.15, -0.1) is 11.3 Å². The largest absolute Gasteiger partial charge is 0.324 e. The van der Waals surface area contributed by atoms with Crippen molar-refractivity contribution in [3.63, 3.8) is 0 Å². The van der Waals surface area contributed by atoms with Crippen molar-refractivity contribution in [1.29, 1.82) is 0 Å². The van der Waals surface area contributed by atoms with Crippen molar-refractivity contribution in [1.82, 2.24) is 9.55 Å².